The summed E-state index contributed by atoms with van der Waals surface area (Å²) in [5.41, 5.74) is 2.83. The zero-order valence-corrected chi connectivity index (χ0v) is 37.5. The Morgan fingerprint density at radius 2 is 1.38 bits per heavy atom. The number of rotatable bonds is 8. The third-order valence-corrected chi connectivity index (χ3v) is 10.4. The molecular formula is C56H47N5OPt-2. The van der Waals surface area contributed by atoms with Crippen molar-refractivity contribution in [3.05, 3.63) is 193 Å². The summed E-state index contributed by atoms with van der Waals surface area (Å²) in [5, 5.41) is 1.80. The Kier molecular flexibility index (Phi) is 7.80. The second kappa shape index (κ2) is 16.6. The van der Waals surface area contributed by atoms with Crippen LogP contribution in [0.3, 0.4) is 0 Å². The summed E-state index contributed by atoms with van der Waals surface area (Å²) in [6.07, 6.45) is 3.36. The van der Waals surface area contributed by atoms with Crippen LogP contribution in [0.15, 0.2) is 164 Å². The van der Waals surface area contributed by atoms with Crippen LogP contribution >= 0.6 is 0 Å². The average molecular weight is 1010 g/mol. The monoisotopic (exact) mass is 1010 g/mol. The first-order valence-corrected chi connectivity index (χ1v) is 20.2. The van der Waals surface area contributed by atoms with Gasteiger partial charge in [0.2, 0.25) is 0 Å². The third-order valence-electron chi connectivity index (χ3n) is 10.4. The molecule has 0 aliphatic carbocycles. The second-order valence-electron chi connectivity index (χ2n) is 17.0. The predicted octanol–water partition coefficient (Wildman–Crippen LogP) is 13.2. The summed E-state index contributed by atoms with van der Waals surface area (Å²) in [5.74, 6) is 0.889. The number of imidazole rings is 1. The van der Waals surface area contributed by atoms with E-state index in [1.165, 1.54) is 0 Å². The van der Waals surface area contributed by atoms with Crippen molar-refractivity contribution < 1.29 is 46.8 Å². The molecule has 0 spiro atoms. The van der Waals surface area contributed by atoms with Gasteiger partial charge in [0.1, 0.15) is 11.7 Å². The molecule has 0 bridgehead atoms. The number of hydrogen-bond donors (Lipinski definition) is 0. The van der Waals surface area contributed by atoms with Gasteiger partial charge in [-0.15, -0.1) is 17.5 Å². The number of aromatic nitrogens is 5. The standard InChI is InChI=1S/C56H47N5O.Pt/c1-55(2,3)36-38-30-31-57-52(32-38)61-47-25-14-13-22-45(47)46-29-28-42(35-50(46)61)62-53-34-41(33-51(58-53)56(4,5)6)59-37-60(49-27-16-15-26-48(49)59)54-43(39-18-9-7-10-19-39)23-17-24-44(54)40-20-11-8-12-21-40;/h7-33H,36H2,1-6H3;/q-2;/i7D,8D,9D,10D,11D,12D,18D,19D,20D,21D,36D2;. The van der Waals surface area contributed by atoms with Crippen molar-refractivity contribution in [3.63, 3.8) is 0 Å². The van der Waals surface area contributed by atoms with Gasteiger partial charge in [0.25, 0.3) is 6.33 Å². The van der Waals surface area contributed by atoms with Crippen LogP contribution in [0.2, 0.25) is 0 Å². The van der Waals surface area contributed by atoms with E-state index in [1.54, 1.807) is 63.9 Å². The van der Waals surface area contributed by atoms with E-state index < -0.39 is 77.6 Å². The van der Waals surface area contributed by atoms with Gasteiger partial charge in [-0.2, -0.15) is 18.2 Å². The molecule has 0 radical (unpaired) electrons. The Morgan fingerprint density at radius 3 is 2.06 bits per heavy atom. The van der Waals surface area contributed by atoms with Crippen LogP contribution in [0.5, 0.6) is 11.6 Å². The molecule has 0 atom stereocenters. The summed E-state index contributed by atoms with van der Waals surface area (Å²) < 4.78 is 117. The van der Waals surface area contributed by atoms with Crippen LogP contribution in [0.1, 0.15) is 69.2 Å². The van der Waals surface area contributed by atoms with Crippen LogP contribution in [-0.2, 0) is 32.9 Å². The largest absolute Gasteiger partial charge is 0.484 e. The first-order chi connectivity index (χ1) is 34.9. The molecule has 0 saturated carbocycles. The van der Waals surface area contributed by atoms with E-state index in [1.807, 2.05) is 94.6 Å². The van der Waals surface area contributed by atoms with E-state index in [0.717, 1.165) is 16.3 Å². The minimum atomic E-state index is -1.68. The van der Waals surface area contributed by atoms with Crippen molar-refractivity contribution in [1.82, 2.24) is 19.1 Å². The van der Waals surface area contributed by atoms with Crippen LogP contribution in [0.4, 0.5) is 0 Å². The summed E-state index contributed by atoms with van der Waals surface area (Å²) in [6, 6.07) is 30.2. The number of pyridine rings is 2. The van der Waals surface area contributed by atoms with Gasteiger partial charge in [-0.05, 0) is 74.3 Å². The van der Waals surface area contributed by atoms with E-state index in [0.29, 0.717) is 45.1 Å². The second-order valence-corrected chi connectivity index (χ2v) is 17.0. The molecule has 10 rings (SSSR count). The van der Waals surface area contributed by atoms with Gasteiger partial charge in [0, 0.05) is 41.3 Å². The molecule has 0 saturated heterocycles. The van der Waals surface area contributed by atoms with Crippen molar-refractivity contribution >= 4 is 32.8 Å². The summed E-state index contributed by atoms with van der Waals surface area (Å²) in [7, 11) is 0. The minimum absolute atomic E-state index is 0. The number of benzene rings is 6. The molecule has 0 aliphatic heterocycles. The molecule has 6 aromatic carbocycles. The minimum Gasteiger partial charge on any atom is -0.484 e. The van der Waals surface area contributed by atoms with Crippen molar-refractivity contribution in [3.8, 4) is 51.1 Å². The molecule has 6 nitrogen and oxygen atoms in total. The van der Waals surface area contributed by atoms with E-state index in [-0.39, 0.29) is 54.9 Å². The molecule has 0 aliphatic rings. The van der Waals surface area contributed by atoms with Gasteiger partial charge in [-0.1, -0.05) is 174 Å². The Labute approximate surface area is 400 Å². The van der Waals surface area contributed by atoms with Gasteiger partial charge in [0.15, 0.2) is 0 Å². The summed E-state index contributed by atoms with van der Waals surface area (Å²) in [6.45, 7) is 11.6. The van der Waals surface area contributed by atoms with Crippen LogP contribution < -0.4 is 9.30 Å². The van der Waals surface area contributed by atoms with E-state index in [2.05, 4.69) is 18.5 Å². The van der Waals surface area contributed by atoms with E-state index >= 15 is 0 Å². The van der Waals surface area contributed by atoms with E-state index in [4.69, 9.17) is 31.2 Å². The van der Waals surface area contributed by atoms with Gasteiger partial charge in [0.05, 0.1) is 30.4 Å². The molecule has 0 N–H and O–H groups in total. The zero-order valence-electron chi connectivity index (χ0n) is 47.3. The zero-order chi connectivity index (χ0) is 53.1. The number of para-hydroxylation sites is 4. The maximum atomic E-state index is 9.07. The van der Waals surface area contributed by atoms with Crippen molar-refractivity contribution in [2.75, 3.05) is 0 Å². The first kappa shape index (κ1) is 29.6. The maximum absolute atomic E-state index is 9.07. The van der Waals surface area contributed by atoms with Crippen molar-refractivity contribution in [2.45, 2.75) is 53.3 Å². The Bertz CT molecular complexity index is 3830. The van der Waals surface area contributed by atoms with Crippen LogP contribution in [0.25, 0.3) is 72.3 Å². The van der Waals surface area contributed by atoms with Gasteiger partial charge in [-0.25, -0.2) is 4.98 Å². The quantitative estimate of drug-likeness (QED) is 0.113. The number of ether oxygens (including phenoxy) is 1. The summed E-state index contributed by atoms with van der Waals surface area (Å²) in [4.78, 5) is 9.68. The number of nitrogens with zero attached hydrogens (tertiary/aromatic N) is 5. The van der Waals surface area contributed by atoms with Gasteiger partial charge < -0.3 is 13.9 Å². The van der Waals surface area contributed by atoms with Gasteiger partial charge in [-0.3, -0.25) is 9.55 Å². The van der Waals surface area contributed by atoms with Crippen molar-refractivity contribution in [2.24, 2.45) is 5.41 Å². The fourth-order valence-corrected chi connectivity index (χ4v) is 7.69. The smallest absolute Gasteiger partial charge is 0.267 e. The number of fused-ring (bicyclic) bond motifs is 4. The molecule has 0 amide bonds. The van der Waals surface area contributed by atoms with Crippen LogP contribution in [0, 0.1) is 23.9 Å². The molecule has 0 fully saturated rings. The normalized spacial score (nSPS) is 14.8. The average Bonchev–Trinajstić information content (AvgIpc) is 3.92. The Balaban J connectivity index is 0.00000689. The van der Waals surface area contributed by atoms with Crippen molar-refractivity contribution in [1.29, 1.82) is 0 Å². The topological polar surface area (TPSA) is 48.8 Å². The fourth-order valence-electron chi connectivity index (χ4n) is 7.69. The Hall–Kier alpha value is -6.62. The van der Waals surface area contributed by atoms with Gasteiger partial charge >= 0.3 is 0 Å². The molecule has 7 heteroatoms. The number of hydrogen-bond acceptors (Lipinski definition) is 3. The molecule has 314 valence electrons. The molecular weight excluding hydrogens is 954 g/mol. The molecule has 4 aromatic heterocycles. The van der Waals surface area contributed by atoms with Crippen LogP contribution in [-0.4, -0.2) is 19.1 Å². The molecule has 10 aromatic rings. The third kappa shape index (κ3) is 8.12. The first-order valence-electron chi connectivity index (χ1n) is 26.2. The van der Waals surface area contributed by atoms with E-state index in [9.17, 15) is 0 Å². The predicted molar refractivity (Wildman–Crippen MR) is 250 cm³/mol. The Morgan fingerprint density at radius 1 is 0.714 bits per heavy atom. The molecule has 4 heterocycles. The molecule has 0 unspecified atom stereocenters. The summed E-state index contributed by atoms with van der Waals surface area (Å²) >= 11 is 0. The fraction of sp³-hybridized carbons (Fsp3) is 0.161. The maximum Gasteiger partial charge on any atom is 0.267 e. The SMILES string of the molecule is [2H]c1c([2H])c([2H])c(-c2cccc(-c3c([2H])c([2H])c([2H])c([2H])c3[2H])c2-[n+]2[c-]n(-c3[c-]c(Oc4[c-]c5c(cc4)c4ccccc4n5-c4cc(C([2H])([2H])C(C)(C)C)ccn4)nc(C(C)(C)C)c3)c3ccccc32)c([2H])c1[2H].[Pt]. The molecule has 63 heavy (non-hydrogen) atoms.